The van der Waals surface area contributed by atoms with Crippen LogP contribution in [0.15, 0.2) is 18.2 Å². The molecule has 3 nitrogen and oxygen atoms in total. The summed E-state index contributed by atoms with van der Waals surface area (Å²) in [5, 5.41) is 9.04. The summed E-state index contributed by atoms with van der Waals surface area (Å²) >= 11 is 0. The van der Waals surface area contributed by atoms with Crippen LogP contribution in [-0.4, -0.2) is 21.7 Å². The average molecular weight is 256 g/mol. The molecule has 0 bridgehead atoms. The number of rotatable bonds is 3. The van der Waals surface area contributed by atoms with Gasteiger partial charge in [-0.05, 0) is 44.9 Å². The molecule has 0 atom stereocenters. The maximum absolute atomic E-state index is 9.04. The van der Waals surface area contributed by atoms with Gasteiger partial charge in [0.15, 0.2) is 0 Å². The van der Waals surface area contributed by atoms with Crippen LogP contribution in [0.2, 0.25) is 0 Å². The summed E-state index contributed by atoms with van der Waals surface area (Å²) in [4.78, 5) is 8.93. The van der Waals surface area contributed by atoms with Crippen molar-refractivity contribution >= 4 is 0 Å². The van der Waals surface area contributed by atoms with Crippen LogP contribution >= 0.6 is 0 Å². The lowest BCUT2D eigenvalue weighted by molar-refractivity contribution is 0.296. The van der Waals surface area contributed by atoms with Crippen LogP contribution in [0.5, 0.6) is 0 Å². The number of hydrogen-bond donors (Lipinski definition) is 1. The predicted octanol–water partition coefficient (Wildman–Crippen LogP) is 2.91. The zero-order chi connectivity index (χ0) is 14.0. The van der Waals surface area contributed by atoms with Gasteiger partial charge in [0.25, 0.3) is 0 Å². The fourth-order valence-electron chi connectivity index (χ4n) is 2.55. The van der Waals surface area contributed by atoms with Crippen molar-refractivity contribution in [3.05, 3.63) is 46.4 Å². The van der Waals surface area contributed by atoms with Gasteiger partial charge >= 0.3 is 0 Å². The molecule has 0 spiro atoms. The molecule has 1 N–H and O–H groups in total. The molecule has 2 rings (SSSR count). The number of aryl methyl sites for hydroxylation is 4. The second-order valence-electron chi connectivity index (χ2n) is 5.06. The second-order valence-corrected chi connectivity index (χ2v) is 5.06. The van der Waals surface area contributed by atoms with Crippen molar-refractivity contribution in [1.82, 2.24) is 9.97 Å². The summed E-state index contributed by atoms with van der Waals surface area (Å²) in [6.07, 6.45) is 0.499. The van der Waals surface area contributed by atoms with Crippen LogP contribution in [0.3, 0.4) is 0 Å². The third-order valence-electron chi connectivity index (χ3n) is 3.17. The molecule has 0 saturated carbocycles. The van der Waals surface area contributed by atoms with Gasteiger partial charge < -0.3 is 5.11 Å². The van der Waals surface area contributed by atoms with E-state index in [0.29, 0.717) is 12.2 Å². The molecule has 3 heteroatoms. The molecule has 0 saturated heterocycles. The Bertz CT molecular complexity index is 583. The third-order valence-corrected chi connectivity index (χ3v) is 3.17. The van der Waals surface area contributed by atoms with Crippen molar-refractivity contribution in [2.45, 2.75) is 34.1 Å². The first-order chi connectivity index (χ1) is 9.01. The molecular weight excluding hydrogens is 236 g/mol. The molecule has 1 aromatic carbocycles. The number of aliphatic hydroxyl groups is 1. The van der Waals surface area contributed by atoms with Crippen molar-refractivity contribution in [2.75, 3.05) is 6.61 Å². The van der Waals surface area contributed by atoms with Crippen molar-refractivity contribution in [3.63, 3.8) is 0 Å². The Morgan fingerprint density at radius 1 is 0.947 bits per heavy atom. The molecule has 1 aromatic heterocycles. The molecule has 0 aliphatic heterocycles. The lowest BCUT2D eigenvalue weighted by Gasteiger charge is -2.12. The average Bonchev–Trinajstić information content (AvgIpc) is 2.26. The fourth-order valence-corrected chi connectivity index (χ4v) is 2.55. The number of aromatic nitrogens is 2. The Morgan fingerprint density at radius 3 is 2.16 bits per heavy atom. The summed E-state index contributed by atoms with van der Waals surface area (Å²) < 4.78 is 0. The third kappa shape index (κ3) is 2.99. The van der Waals surface area contributed by atoms with Crippen molar-refractivity contribution in [2.24, 2.45) is 0 Å². The van der Waals surface area contributed by atoms with Crippen LogP contribution in [0.25, 0.3) is 11.3 Å². The minimum absolute atomic E-state index is 0.0781. The number of hydrogen-bond acceptors (Lipinski definition) is 3. The first-order valence-electron chi connectivity index (χ1n) is 6.55. The molecule has 19 heavy (non-hydrogen) atoms. The van der Waals surface area contributed by atoms with E-state index in [1.165, 1.54) is 22.3 Å². The van der Waals surface area contributed by atoms with Crippen LogP contribution in [0.1, 0.15) is 28.2 Å². The van der Waals surface area contributed by atoms with Crippen molar-refractivity contribution in [3.8, 4) is 11.3 Å². The van der Waals surface area contributed by atoms with Crippen LogP contribution < -0.4 is 0 Å². The molecule has 0 aliphatic carbocycles. The van der Waals surface area contributed by atoms with E-state index in [4.69, 9.17) is 5.11 Å². The SMILES string of the molecule is Cc1cc(C)c(-c2cc(C)nc(CCO)n2)c(C)c1. The second kappa shape index (κ2) is 5.49. The molecule has 1 heterocycles. The molecule has 0 fully saturated rings. The number of nitrogens with zero attached hydrogens (tertiary/aromatic N) is 2. The van der Waals surface area contributed by atoms with Crippen molar-refractivity contribution < 1.29 is 5.11 Å². The lowest BCUT2D eigenvalue weighted by atomic mass is 9.97. The highest BCUT2D eigenvalue weighted by molar-refractivity contribution is 5.68. The Balaban J connectivity index is 2.58. The quantitative estimate of drug-likeness (QED) is 0.918. The molecular formula is C16H20N2O. The maximum Gasteiger partial charge on any atom is 0.131 e. The predicted molar refractivity (Wildman–Crippen MR) is 77.2 cm³/mol. The molecule has 100 valence electrons. The Morgan fingerprint density at radius 2 is 1.58 bits per heavy atom. The van der Waals surface area contributed by atoms with Gasteiger partial charge in [-0.3, -0.25) is 0 Å². The highest BCUT2D eigenvalue weighted by atomic mass is 16.3. The number of aliphatic hydroxyl groups excluding tert-OH is 1. The van der Waals surface area contributed by atoms with Gasteiger partial charge in [0.1, 0.15) is 5.82 Å². The molecule has 0 aliphatic rings. The summed E-state index contributed by atoms with van der Waals surface area (Å²) in [5.74, 6) is 0.705. The summed E-state index contributed by atoms with van der Waals surface area (Å²) in [6, 6.07) is 6.35. The van der Waals surface area contributed by atoms with Crippen LogP contribution in [-0.2, 0) is 6.42 Å². The van der Waals surface area contributed by atoms with E-state index < -0.39 is 0 Å². The van der Waals surface area contributed by atoms with Crippen LogP contribution in [0.4, 0.5) is 0 Å². The van der Waals surface area contributed by atoms with Gasteiger partial charge in [-0.1, -0.05) is 17.7 Å². The van der Waals surface area contributed by atoms with E-state index in [2.05, 4.69) is 42.9 Å². The Kier molecular flexibility index (Phi) is 3.96. The highest BCUT2D eigenvalue weighted by Gasteiger charge is 2.10. The highest BCUT2D eigenvalue weighted by Crippen LogP contribution is 2.27. The van der Waals surface area contributed by atoms with Gasteiger partial charge in [-0.2, -0.15) is 0 Å². The Hall–Kier alpha value is -1.74. The first kappa shape index (κ1) is 13.7. The Labute approximate surface area is 114 Å². The molecule has 0 radical (unpaired) electrons. The molecule has 2 aromatic rings. The lowest BCUT2D eigenvalue weighted by Crippen LogP contribution is -2.03. The zero-order valence-corrected chi connectivity index (χ0v) is 12.0. The summed E-state index contributed by atoms with van der Waals surface area (Å²) in [6.45, 7) is 8.36. The largest absolute Gasteiger partial charge is 0.396 e. The molecule has 0 unspecified atom stereocenters. The monoisotopic (exact) mass is 256 g/mol. The van der Waals surface area contributed by atoms with Gasteiger partial charge in [0.05, 0.1) is 12.3 Å². The van der Waals surface area contributed by atoms with Gasteiger partial charge in [-0.15, -0.1) is 0 Å². The van der Waals surface area contributed by atoms with E-state index in [1.807, 2.05) is 13.0 Å². The minimum Gasteiger partial charge on any atom is -0.396 e. The van der Waals surface area contributed by atoms with E-state index in [0.717, 1.165) is 11.4 Å². The minimum atomic E-state index is 0.0781. The van der Waals surface area contributed by atoms with Gasteiger partial charge in [-0.25, -0.2) is 9.97 Å². The van der Waals surface area contributed by atoms with Crippen LogP contribution in [0, 0.1) is 27.7 Å². The van der Waals surface area contributed by atoms with Gasteiger partial charge in [0, 0.05) is 17.7 Å². The number of benzene rings is 1. The normalized spacial score (nSPS) is 10.8. The topological polar surface area (TPSA) is 46.0 Å². The van der Waals surface area contributed by atoms with Gasteiger partial charge in [0.2, 0.25) is 0 Å². The summed E-state index contributed by atoms with van der Waals surface area (Å²) in [5.41, 5.74) is 6.78. The standard InChI is InChI=1S/C16H20N2O/c1-10-7-11(2)16(12(3)8-10)14-9-13(4)17-15(18-14)5-6-19/h7-9,19H,5-6H2,1-4H3. The van der Waals surface area contributed by atoms with E-state index >= 15 is 0 Å². The maximum atomic E-state index is 9.04. The summed E-state index contributed by atoms with van der Waals surface area (Å²) in [7, 11) is 0. The zero-order valence-electron chi connectivity index (χ0n) is 12.0. The van der Waals surface area contributed by atoms with Crippen molar-refractivity contribution in [1.29, 1.82) is 0 Å². The smallest absolute Gasteiger partial charge is 0.131 e. The fraction of sp³-hybridized carbons (Fsp3) is 0.375. The van der Waals surface area contributed by atoms with E-state index in [9.17, 15) is 0 Å². The molecule has 0 amide bonds. The van der Waals surface area contributed by atoms with E-state index in [1.54, 1.807) is 0 Å². The first-order valence-corrected chi connectivity index (χ1v) is 6.55. The van der Waals surface area contributed by atoms with E-state index in [-0.39, 0.29) is 6.61 Å².